The summed E-state index contributed by atoms with van der Waals surface area (Å²) >= 11 is 0. The van der Waals surface area contributed by atoms with Gasteiger partial charge in [0.1, 0.15) is 0 Å². The van der Waals surface area contributed by atoms with E-state index in [1.165, 1.54) is 18.2 Å². The third-order valence-corrected chi connectivity index (χ3v) is 23.8. The Morgan fingerprint density at radius 2 is 0.592 bits per heavy atom. The van der Waals surface area contributed by atoms with Crippen LogP contribution in [0.4, 0.5) is 0 Å². The number of benzene rings is 6. The van der Waals surface area contributed by atoms with Gasteiger partial charge in [0, 0.05) is 100 Å². The van der Waals surface area contributed by atoms with E-state index in [2.05, 4.69) is 110 Å². The van der Waals surface area contributed by atoms with Crippen molar-refractivity contribution < 1.29 is 72.9 Å². The Morgan fingerprint density at radius 3 is 0.800 bits per heavy atom. The molecule has 4 fully saturated rings. The van der Waals surface area contributed by atoms with Crippen LogP contribution in [0.15, 0.2) is 214 Å². The number of carboxylic acid groups (broad SMARTS) is 3. The fourth-order valence-electron chi connectivity index (χ4n) is 16.5. The summed E-state index contributed by atoms with van der Waals surface area (Å²) < 4.78 is 0. The maximum atomic E-state index is 12.3. The van der Waals surface area contributed by atoms with Crippen molar-refractivity contribution in [1.29, 1.82) is 10.8 Å². The number of Topliss-reactive ketones (excluding diaryl/α,β-unsaturated/α-hetero) is 3. The Morgan fingerprint density at radius 1 is 0.385 bits per heavy atom. The first-order valence-corrected chi connectivity index (χ1v) is 44.1. The number of aromatic carboxylic acids is 3. The Labute approximate surface area is 771 Å². The van der Waals surface area contributed by atoms with Crippen LogP contribution in [-0.4, -0.2) is 161 Å². The molecule has 10 rings (SSSR count). The summed E-state index contributed by atoms with van der Waals surface area (Å²) in [4.78, 5) is 134. The molecule has 0 bridgehead atoms. The number of hydrogen-bond acceptors (Lipinski definition) is 18. The van der Waals surface area contributed by atoms with Gasteiger partial charge in [-0.15, -0.1) is 26.3 Å². The number of amides is 4. The molecule has 0 unspecified atom stereocenters. The van der Waals surface area contributed by atoms with Gasteiger partial charge in [0.2, 0.25) is 35.8 Å². The zero-order valence-electron chi connectivity index (χ0n) is 80.1. The average molecular weight is 1790 g/mol. The number of nitrogens with one attached hydrogen (secondary N) is 10. The second kappa shape index (κ2) is 54.6. The highest BCUT2D eigenvalue weighted by atomic mass is 16.4. The molecule has 4 amide bonds. The summed E-state index contributed by atoms with van der Waals surface area (Å²) in [5.41, 5.74) is 3.09. The van der Waals surface area contributed by atoms with Gasteiger partial charge in [-0.2, -0.15) is 0 Å². The van der Waals surface area contributed by atoms with Gasteiger partial charge in [0.25, 0.3) is 0 Å². The molecular formula is C105H146N10O15. The topological polar surface area (TPSA) is 409 Å². The van der Waals surface area contributed by atoms with Gasteiger partial charge in [-0.05, 0) is 181 Å². The second-order valence-corrected chi connectivity index (χ2v) is 38.0. The van der Waals surface area contributed by atoms with Crippen molar-refractivity contribution in [1.82, 2.24) is 42.5 Å². The summed E-state index contributed by atoms with van der Waals surface area (Å²) in [7, 11) is 0. The standard InChI is InChI=1S/3C17H16O3.4C13H24N2O.2CHNO/c3*1-12(13-7-3-2-4-8-13)11-16(18)14-9-5-6-10-15(14)17(19)20;2*1-6-7-10-8-14-9-13(10,5)11(16)15-12(2,3)4;2*1-6-7-11-8-14-9-13(11,12(3,4)5)15-10(2)16;2*2-1-3/h3*2-10,12H,11H2,1H3,(H,19,20);2*6,10,14H,1,7-9H2,2-5H3,(H,15,16);2*6,11,14H,1,7-9H2,2-5H3,(H,15,16);2*2H/t3*12-;2*10-,13+;2*11-,13-;;/m0000011../s1. The van der Waals surface area contributed by atoms with Gasteiger partial charge in [-0.1, -0.05) is 232 Å². The van der Waals surface area contributed by atoms with Gasteiger partial charge in [0.15, 0.2) is 17.3 Å². The first-order chi connectivity index (χ1) is 60.9. The van der Waals surface area contributed by atoms with Gasteiger partial charge < -0.3 is 57.9 Å². The highest BCUT2D eigenvalue weighted by Gasteiger charge is 2.53. The number of hydrogen-bond donors (Lipinski definition) is 13. The third kappa shape index (κ3) is 35.9. The fourth-order valence-corrected chi connectivity index (χ4v) is 16.5. The van der Waals surface area contributed by atoms with Crippen LogP contribution in [0.3, 0.4) is 0 Å². The average Bonchev–Trinajstić information content (AvgIpc) is 1.61. The first kappa shape index (κ1) is 114. The normalized spacial score (nSPS) is 20.4. The number of carbonyl (C=O) groups is 10. The molecule has 4 saturated heterocycles. The number of isocyanates is 2. The van der Waals surface area contributed by atoms with E-state index in [9.17, 15) is 47.9 Å². The molecular weight excluding hydrogens is 1640 g/mol. The lowest BCUT2D eigenvalue weighted by atomic mass is 9.66. The van der Waals surface area contributed by atoms with E-state index in [1.807, 2.05) is 191 Å². The molecule has 13 N–H and O–H groups in total. The largest absolute Gasteiger partial charge is 0.478 e. The van der Waals surface area contributed by atoms with Gasteiger partial charge in [-0.25, -0.2) is 34.8 Å². The predicted octanol–water partition coefficient (Wildman–Crippen LogP) is 17.9. The number of carboxylic acids is 3. The van der Waals surface area contributed by atoms with Crippen LogP contribution in [-0.2, 0) is 28.8 Å². The summed E-state index contributed by atoms with van der Waals surface area (Å²) in [6.45, 7) is 60.4. The molecule has 0 spiro atoms. The minimum Gasteiger partial charge on any atom is -0.478 e. The quantitative estimate of drug-likeness (QED) is 0.00986. The Balaban J connectivity index is 0.000000509. The molecule has 0 aliphatic carbocycles. The minimum absolute atomic E-state index is 0.0375. The number of allylic oxidation sites excluding steroid dienone is 4. The van der Waals surface area contributed by atoms with E-state index < -0.39 is 17.9 Å². The lowest BCUT2D eigenvalue weighted by molar-refractivity contribution is -0.133. The molecule has 0 radical (unpaired) electrons. The molecule has 706 valence electrons. The van der Waals surface area contributed by atoms with Crippen molar-refractivity contribution in [2.45, 2.75) is 216 Å². The Kier molecular flexibility index (Phi) is 48.0. The number of rotatable bonds is 27. The van der Waals surface area contributed by atoms with E-state index in [1.54, 1.807) is 68.4 Å². The molecule has 6 aromatic carbocycles. The SMILES string of the molecule is C=CC[C@@H]1CNC[C@]1(NC(C)=O)C(C)(C)C.C=CC[C@@H]1CNC[C@]1(NC(C)=O)C(C)(C)C.C=CC[C@H]1CNC[C@@]1(C)C(=O)NC(C)(C)C.C=CC[C@H]1CNC[C@@]1(C)C(=O)NC(C)(C)C.C[C@@H](CC(=O)c1ccccc1C(=O)O)c1ccccc1.C[C@@H](CC(=O)c1ccccc1C(=O)O)c1ccccc1.C[C@@H](CC(=O)c1ccccc1C(=O)O)c1ccccc1.N=C=O.N=C=O. The van der Waals surface area contributed by atoms with Gasteiger partial charge in [-0.3, -0.25) is 33.6 Å². The predicted molar refractivity (Wildman–Crippen MR) is 517 cm³/mol. The van der Waals surface area contributed by atoms with E-state index in [-0.39, 0.29) is 136 Å². The van der Waals surface area contributed by atoms with Crippen molar-refractivity contribution >= 4 is 71.0 Å². The molecule has 11 atom stereocenters. The second-order valence-electron chi connectivity index (χ2n) is 38.0. The monoisotopic (exact) mass is 1790 g/mol. The van der Waals surface area contributed by atoms with Crippen LogP contribution in [0.5, 0.6) is 0 Å². The third-order valence-electron chi connectivity index (χ3n) is 23.8. The zero-order chi connectivity index (χ0) is 98.6. The number of carbonyl (C=O) groups excluding carboxylic acids is 9. The van der Waals surface area contributed by atoms with Crippen LogP contribution in [0.2, 0.25) is 0 Å². The van der Waals surface area contributed by atoms with E-state index in [0.29, 0.717) is 42.9 Å². The molecule has 4 heterocycles. The molecule has 0 saturated carbocycles. The Bertz CT molecular complexity index is 4370. The van der Waals surface area contributed by atoms with Crippen LogP contribution in [0.1, 0.15) is 273 Å². The summed E-state index contributed by atoms with van der Waals surface area (Å²) in [6, 6.07) is 48.3. The van der Waals surface area contributed by atoms with Crippen molar-refractivity contribution in [2.75, 3.05) is 52.4 Å². The van der Waals surface area contributed by atoms with Crippen LogP contribution in [0.25, 0.3) is 0 Å². The van der Waals surface area contributed by atoms with Crippen molar-refractivity contribution in [3.05, 3.63) is 264 Å². The van der Waals surface area contributed by atoms with E-state index in [4.69, 9.17) is 35.7 Å². The highest BCUT2D eigenvalue weighted by Crippen LogP contribution is 2.43. The summed E-state index contributed by atoms with van der Waals surface area (Å²) in [5.74, 6) is -1.49. The molecule has 0 aromatic heterocycles. The van der Waals surface area contributed by atoms with E-state index >= 15 is 0 Å². The lowest BCUT2D eigenvalue weighted by Crippen LogP contribution is -2.61. The smallest absolute Gasteiger partial charge is 0.336 e. The van der Waals surface area contributed by atoms with Gasteiger partial charge >= 0.3 is 17.9 Å². The molecule has 6 aromatic rings. The van der Waals surface area contributed by atoms with Crippen molar-refractivity contribution in [3.63, 3.8) is 0 Å². The molecule has 4 aliphatic heterocycles. The lowest BCUT2D eigenvalue weighted by Gasteiger charge is -2.46. The first-order valence-electron chi connectivity index (χ1n) is 44.1. The van der Waals surface area contributed by atoms with Crippen LogP contribution in [0, 0.1) is 56.2 Å². The molecule has 25 nitrogen and oxygen atoms in total. The summed E-state index contributed by atoms with van der Waals surface area (Å²) in [6.07, 6.45) is 13.7. The maximum absolute atomic E-state index is 12.3. The van der Waals surface area contributed by atoms with E-state index in [0.717, 1.165) is 107 Å². The maximum Gasteiger partial charge on any atom is 0.336 e. The molecule has 130 heavy (non-hydrogen) atoms. The summed E-state index contributed by atoms with van der Waals surface area (Å²) in [5, 5.41) is 64.1. The van der Waals surface area contributed by atoms with Crippen LogP contribution < -0.4 is 42.5 Å². The molecule has 25 heteroatoms. The zero-order valence-corrected chi connectivity index (χ0v) is 80.1. The molecule has 4 aliphatic rings. The minimum atomic E-state index is -1.07. The van der Waals surface area contributed by atoms with Gasteiger partial charge in [0.05, 0.1) is 38.6 Å². The highest BCUT2D eigenvalue weighted by molar-refractivity contribution is 6.07. The fraction of sp³-hybridized carbons (Fsp3) is 0.467. The van der Waals surface area contributed by atoms with Crippen molar-refractivity contribution in [3.8, 4) is 0 Å². The number of ketones is 3. The van der Waals surface area contributed by atoms with Crippen LogP contribution >= 0.6 is 0 Å². The van der Waals surface area contributed by atoms with Crippen molar-refractivity contribution in [2.24, 2.45) is 45.3 Å². The Hall–Kier alpha value is -11.8.